The molecule has 4 aromatic rings. The van der Waals surface area contributed by atoms with E-state index in [1.807, 2.05) is 19.3 Å². The van der Waals surface area contributed by atoms with Gasteiger partial charge in [-0.15, -0.1) is 0 Å². The quantitative estimate of drug-likeness (QED) is 0.359. The lowest BCUT2D eigenvalue weighted by molar-refractivity contribution is 0.305. The Balaban J connectivity index is 1.61. The Morgan fingerprint density at radius 3 is 2.82 bits per heavy atom. The molecular weight excluding hydrogens is 427 g/mol. The van der Waals surface area contributed by atoms with Crippen molar-refractivity contribution in [2.45, 2.75) is 46.6 Å². The Kier molecular flexibility index (Phi) is 5.62. The Labute approximate surface area is 198 Å². The third-order valence-electron chi connectivity index (χ3n) is 6.34. The molecule has 1 aliphatic heterocycles. The maximum absolute atomic E-state index is 13.9. The van der Waals surface area contributed by atoms with Crippen LogP contribution in [0.3, 0.4) is 0 Å². The molecule has 0 bridgehead atoms. The van der Waals surface area contributed by atoms with Crippen LogP contribution in [0.25, 0.3) is 11.2 Å². The number of hydrogen-bond acceptors (Lipinski definition) is 4. The van der Waals surface area contributed by atoms with Crippen LogP contribution in [-0.4, -0.2) is 14.4 Å². The summed E-state index contributed by atoms with van der Waals surface area (Å²) in [6.45, 7) is 6.23. The largest absolute Gasteiger partial charge is 0.488 e. The second-order valence-electron chi connectivity index (χ2n) is 8.67. The molecule has 5 rings (SSSR count). The number of aryl methyl sites for hydroxylation is 2. The molecule has 0 saturated carbocycles. The van der Waals surface area contributed by atoms with E-state index in [0.29, 0.717) is 24.4 Å². The number of nitrogens with zero attached hydrogens (tertiary/aromatic N) is 4. The topological polar surface area (TPSA) is 63.2 Å². The molecular formula is C28H25FN4O. The molecule has 0 amide bonds. The number of fused-ring (bicyclic) bond motifs is 3. The van der Waals surface area contributed by atoms with Crippen LogP contribution in [0, 0.1) is 24.1 Å². The lowest BCUT2D eigenvalue weighted by atomic mass is 9.89. The van der Waals surface area contributed by atoms with Gasteiger partial charge in [0.15, 0.2) is 5.65 Å². The second-order valence-corrected chi connectivity index (χ2v) is 8.67. The number of rotatable bonds is 4. The van der Waals surface area contributed by atoms with Gasteiger partial charge in [0, 0.05) is 41.6 Å². The van der Waals surface area contributed by atoms with Crippen molar-refractivity contribution in [3.8, 4) is 11.8 Å². The smallest absolute Gasteiger partial charge is 0.158 e. The number of hydrogen-bond donors (Lipinski definition) is 0. The van der Waals surface area contributed by atoms with Crippen LogP contribution in [0.15, 0.2) is 54.4 Å². The van der Waals surface area contributed by atoms with Crippen LogP contribution in [0.1, 0.15) is 59.6 Å². The van der Waals surface area contributed by atoms with Crippen molar-refractivity contribution in [1.29, 1.82) is 5.26 Å². The van der Waals surface area contributed by atoms with E-state index < -0.39 is 0 Å². The van der Waals surface area contributed by atoms with E-state index in [0.717, 1.165) is 63.4 Å². The summed E-state index contributed by atoms with van der Waals surface area (Å²) in [6, 6.07) is 13.0. The third-order valence-corrected chi connectivity index (χ3v) is 6.34. The van der Waals surface area contributed by atoms with Crippen LogP contribution in [0.4, 0.5) is 4.39 Å². The van der Waals surface area contributed by atoms with Crippen LogP contribution < -0.4 is 4.74 Å². The molecule has 0 saturated heterocycles. The van der Waals surface area contributed by atoms with Gasteiger partial charge in [-0.3, -0.25) is 4.98 Å². The summed E-state index contributed by atoms with van der Waals surface area (Å²) in [4.78, 5) is 9.28. The average molecular weight is 453 g/mol. The maximum atomic E-state index is 13.9. The Bertz CT molecular complexity index is 1490. The molecule has 1 aliphatic rings. The van der Waals surface area contributed by atoms with E-state index >= 15 is 0 Å². The second kappa shape index (κ2) is 8.75. The maximum Gasteiger partial charge on any atom is 0.158 e. The fourth-order valence-corrected chi connectivity index (χ4v) is 4.72. The lowest BCUT2D eigenvalue weighted by Gasteiger charge is -2.13. The van der Waals surface area contributed by atoms with Crippen molar-refractivity contribution in [3.63, 3.8) is 0 Å². The van der Waals surface area contributed by atoms with E-state index in [1.54, 1.807) is 13.0 Å². The first kappa shape index (κ1) is 21.8. The molecule has 0 spiro atoms. The predicted molar refractivity (Wildman–Crippen MR) is 129 cm³/mol. The number of nitriles is 1. The third kappa shape index (κ3) is 3.73. The minimum atomic E-state index is -0.361. The first-order valence-corrected chi connectivity index (χ1v) is 11.5. The number of halogens is 1. The highest BCUT2D eigenvalue weighted by atomic mass is 19.1. The number of benzene rings is 2. The molecule has 5 nitrogen and oxygen atoms in total. The van der Waals surface area contributed by atoms with Crippen molar-refractivity contribution in [2.24, 2.45) is 0 Å². The number of imidazole rings is 1. The molecule has 3 heterocycles. The van der Waals surface area contributed by atoms with Gasteiger partial charge in [0.25, 0.3) is 0 Å². The lowest BCUT2D eigenvalue weighted by Crippen LogP contribution is -2.02. The highest BCUT2D eigenvalue weighted by Gasteiger charge is 2.23. The summed E-state index contributed by atoms with van der Waals surface area (Å²) in [7, 11) is 0. The fourth-order valence-electron chi connectivity index (χ4n) is 4.72. The van der Waals surface area contributed by atoms with Crippen LogP contribution >= 0.6 is 0 Å². The molecule has 34 heavy (non-hydrogen) atoms. The first-order valence-electron chi connectivity index (χ1n) is 11.5. The SMILES string of the molecule is CCCc1nc2c(C)nccn2c1Cc1ccc2c(c1)COc1cc(F)ccc1/C2=C(/C)C#N. The summed E-state index contributed by atoms with van der Waals surface area (Å²) in [5.74, 6) is 0.0949. The highest BCUT2D eigenvalue weighted by molar-refractivity contribution is 5.88. The zero-order valence-electron chi connectivity index (χ0n) is 19.5. The highest BCUT2D eigenvalue weighted by Crippen LogP contribution is 2.39. The van der Waals surface area contributed by atoms with Gasteiger partial charge < -0.3 is 9.14 Å². The average Bonchev–Trinajstić information content (AvgIpc) is 3.09. The Morgan fingerprint density at radius 1 is 1.21 bits per heavy atom. The van der Waals surface area contributed by atoms with Gasteiger partial charge in [-0.1, -0.05) is 31.5 Å². The Morgan fingerprint density at radius 2 is 2.03 bits per heavy atom. The molecule has 6 heteroatoms. The van der Waals surface area contributed by atoms with E-state index in [-0.39, 0.29) is 5.82 Å². The molecule has 0 fully saturated rings. The summed E-state index contributed by atoms with van der Waals surface area (Å²) < 4.78 is 22.1. The normalized spacial score (nSPS) is 14.1. The van der Waals surface area contributed by atoms with Crippen molar-refractivity contribution >= 4 is 11.2 Å². The van der Waals surface area contributed by atoms with E-state index in [9.17, 15) is 9.65 Å². The molecule has 170 valence electrons. The number of aromatic nitrogens is 3. The van der Waals surface area contributed by atoms with Crippen molar-refractivity contribution < 1.29 is 9.13 Å². The summed E-state index contributed by atoms with van der Waals surface area (Å²) in [5, 5.41) is 9.68. The van der Waals surface area contributed by atoms with Crippen LogP contribution in [-0.2, 0) is 19.4 Å². The molecule has 0 atom stereocenters. The molecule has 0 radical (unpaired) electrons. The summed E-state index contributed by atoms with van der Waals surface area (Å²) in [5.41, 5.74) is 9.20. The minimum Gasteiger partial charge on any atom is -0.488 e. The minimum absolute atomic E-state index is 0.305. The van der Waals surface area contributed by atoms with Crippen molar-refractivity contribution in [1.82, 2.24) is 14.4 Å². The zero-order valence-corrected chi connectivity index (χ0v) is 19.5. The van der Waals surface area contributed by atoms with E-state index in [1.165, 1.54) is 12.1 Å². The van der Waals surface area contributed by atoms with E-state index in [2.05, 4.69) is 40.6 Å². The van der Waals surface area contributed by atoms with Gasteiger partial charge in [-0.25, -0.2) is 9.37 Å². The Hall–Kier alpha value is -3.98. The van der Waals surface area contributed by atoms with Gasteiger partial charge >= 0.3 is 0 Å². The zero-order chi connectivity index (χ0) is 23.8. The van der Waals surface area contributed by atoms with Gasteiger partial charge in [-0.2, -0.15) is 5.26 Å². The number of ether oxygens (including phenoxy) is 1. The van der Waals surface area contributed by atoms with Crippen LogP contribution in [0.5, 0.6) is 5.75 Å². The number of allylic oxidation sites excluding steroid dienone is 1. The molecule has 0 unspecified atom stereocenters. The monoisotopic (exact) mass is 452 g/mol. The van der Waals surface area contributed by atoms with Gasteiger partial charge in [0.1, 0.15) is 18.2 Å². The van der Waals surface area contributed by atoms with Gasteiger partial charge in [0.05, 0.1) is 23.2 Å². The molecule has 0 N–H and O–H groups in total. The standard InChI is InChI=1S/C28H25FN4O/c1-4-5-24-25(33-11-10-31-18(3)28(33)32-24)13-19-6-8-22-20(12-19)16-34-26-14-21(29)7-9-23(26)27(22)17(2)15-30/h6-12,14H,4-5,13,16H2,1-3H3/b27-17-. The first-order chi connectivity index (χ1) is 16.5. The van der Waals surface area contributed by atoms with Gasteiger partial charge in [0.2, 0.25) is 0 Å². The van der Waals surface area contributed by atoms with Crippen LogP contribution in [0.2, 0.25) is 0 Å². The van der Waals surface area contributed by atoms with Gasteiger partial charge in [-0.05, 0) is 49.1 Å². The fraction of sp³-hybridized carbons (Fsp3) is 0.250. The van der Waals surface area contributed by atoms with E-state index in [4.69, 9.17) is 9.72 Å². The summed E-state index contributed by atoms with van der Waals surface area (Å²) >= 11 is 0. The molecule has 0 aliphatic carbocycles. The van der Waals surface area contributed by atoms with Crippen molar-refractivity contribution in [3.05, 3.63) is 99.5 Å². The predicted octanol–water partition coefficient (Wildman–Crippen LogP) is 5.96. The van der Waals surface area contributed by atoms with Crippen molar-refractivity contribution in [2.75, 3.05) is 0 Å². The molecule has 2 aromatic heterocycles. The molecule has 2 aromatic carbocycles. The summed E-state index contributed by atoms with van der Waals surface area (Å²) in [6.07, 6.45) is 6.41.